The second-order valence-corrected chi connectivity index (χ2v) is 5.15. The third-order valence-electron chi connectivity index (χ3n) is 2.49. The van der Waals surface area contributed by atoms with Crippen LogP contribution in [0.1, 0.15) is 11.1 Å². The van der Waals surface area contributed by atoms with Crippen molar-refractivity contribution in [3.05, 3.63) is 74.2 Å². The maximum Gasteiger partial charge on any atom is 0.0499 e. The van der Waals surface area contributed by atoms with Crippen LogP contribution in [0.25, 0.3) is 5.57 Å². The van der Waals surface area contributed by atoms with Gasteiger partial charge in [-0.15, -0.1) is 0 Å². The molecule has 2 rings (SSSR count). The maximum atomic E-state index is 6.17. The molecule has 0 spiro atoms. The van der Waals surface area contributed by atoms with E-state index in [1.807, 2.05) is 18.2 Å². The Balaban J connectivity index is 2.49. The highest BCUT2D eigenvalue weighted by Crippen LogP contribution is 2.32. The molecule has 0 radical (unpaired) electrons. The molecule has 92 valence electrons. The summed E-state index contributed by atoms with van der Waals surface area (Å²) < 4.78 is 0. The first-order valence-corrected chi connectivity index (χ1v) is 6.70. The smallest absolute Gasteiger partial charge is 0.0499 e. The zero-order valence-corrected chi connectivity index (χ0v) is 12.2. The van der Waals surface area contributed by atoms with Crippen LogP contribution in [-0.2, 0) is 0 Å². The minimum atomic E-state index is 0.560. The molecule has 0 saturated heterocycles. The summed E-state index contributed by atoms with van der Waals surface area (Å²) in [5.41, 5.74) is 4.10. The minimum absolute atomic E-state index is 0.560. The molecule has 4 heteroatoms. The molecule has 0 atom stereocenters. The first kappa shape index (κ1) is 13.8. The first-order valence-electron chi connectivity index (χ1n) is 5.13. The molecule has 0 N–H and O–H groups in total. The highest BCUT2D eigenvalue weighted by atomic mass is 35.5. The van der Waals surface area contributed by atoms with Gasteiger partial charge in [-0.05, 0) is 29.8 Å². The fourth-order valence-electron chi connectivity index (χ4n) is 1.61. The lowest BCUT2D eigenvalue weighted by Crippen LogP contribution is -1.88. The lowest BCUT2D eigenvalue weighted by Gasteiger charge is -2.09. The van der Waals surface area contributed by atoms with Crippen LogP contribution in [0.4, 0.5) is 0 Å². The summed E-state index contributed by atoms with van der Waals surface area (Å²) in [4.78, 5) is 0. The van der Waals surface area contributed by atoms with Crippen molar-refractivity contribution in [1.82, 2.24) is 0 Å². The van der Waals surface area contributed by atoms with Crippen molar-refractivity contribution in [2.45, 2.75) is 0 Å². The van der Waals surface area contributed by atoms with Gasteiger partial charge in [-0.1, -0.05) is 64.6 Å². The molecule has 0 saturated carbocycles. The Hall–Kier alpha value is -0.660. The highest BCUT2D eigenvalue weighted by Gasteiger charge is 2.09. The Morgan fingerprint density at radius 3 is 2.00 bits per heavy atom. The topological polar surface area (TPSA) is 0 Å². The van der Waals surface area contributed by atoms with Crippen molar-refractivity contribution in [2.24, 2.45) is 0 Å². The van der Waals surface area contributed by atoms with Gasteiger partial charge in [-0.2, -0.15) is 0 Å². The van der Waals surface area contributed by atoms with Crippen LogP contribution in [0.3, 0.4) is 0 Å². The van der Waals surface area contributed by atoms with Gasteiger partial charge in [0.25, 0.3) is 0 Å². The highest BCUT2D eigenvalue weighted by molar-refractivity contribution is 6.36. The fourth-order valence-corrected chi connectivity index (χ4v) is 2.49. The van der Waals surface area contributed by atoms with Crippen LogP contribution in [-0.4, -0.2) is 0 Å². The molecule has 0 amide bonds. The summed E-state index contributed by atoms with van der Waals surface area (Å²) in [7, 11) is 0. The predicted molar refractivity (Wildman–Crippen MR) is 80.8 cm³/mol. The zero-order chi connectivity index (χ0) is 13.1. The van der Waals surface area contributed by atoms with E-state index in [1.165, 1.54) is 5.54 Å². The third-order valence-corrected chi connectivity index (χ3v) is 3.50. The van der Waals surface area contributed by atoms with Gasteiger partial charge in [0.05, 0.1) is 0 Å². The monoisotopic (exact) mass is 316 g/mol. The quantitative estimate of drug-likeness (QED) is 0.612. The standard InChI is InChI=1S/C14H8Cl4/c15-8-13(9-1-3-10(16)4-2-9)12-6-5-11(17)7-14(12)18/h1-8H/b13-8+. The summed E-state index contributed by atoms with van der Waals surface area (Å²) in [6.45, 7) is 0. The number of hydrogen-bond acceptors (Lipinski definition) is 0. The number of benzene rings is 2. The molecule has 0 fully saturated rings. The molecule has 0 aliphatic heterocycles. The Bertz CT molecular complexity index is 585. The van der Waals surface area contributed by atoms with E-state index >= 15 is 0 Å². The lowest BCUT2D eigenvalue weighted by molar-refractivity contribution is 1.55. The summed E-state index contributed by atoms with van der Waals surface area (Å²) >= 11 is 23.8. The Kier molecular flexibility index (Phi) is 4.58. The van der Waals surface area contributed by atoms with Gasteiger partial charge in [0, 0.05) is 31.7 Å². The van der Waals surface area contributed by atoms with Gasteiger partial charge in [0.1, 0.15) is 0 Å². The van der Waals surface area contributed by atoms with E-state index in [-0.39, 0.29) is 0 Å². The Labute approximate surface area is 126 Å². The van der Waals surface area contributed by atoms with Crippen molar-refractivity contribution in [1.29, 1.82) is 0 Å². The normalized spacial score (nSPS) is 11.7. The average Bonchev–Trinajstić information content (AvgIpc) is 2.35. The summed E-state index contributed by atoms with van der Waals surface area (Å²) in [5.74, 6) is 0. The molecular formula is C14H8Cl4. The maximum absolute atomic E-state index is 6.17. The minimum Gasteiger partial charge on any atom is -0.0923 e. The molecule has 18 heavy (non-hydrogen) atoms. The van der Waals surface area contributed by atoms with E-state index in [2.05, 4.69) is 0 Å². The largest absolute Gasteiger partial charge is 0.0923 e. The van der Waals surface area contributed by atoms with Crippen molar-refractivity contribution >= 4 is 52.0 Å². The Morgan fingerprint density at radius 2 is 1.44 bits per heavy atom. The molecule has 2 aromatic carbocycles. The van der Waals surface area contributed by atoms with Crippen LogP contribution < -0.4 is 0 Å². The SMILES string of the molecule is Cl/C=C(\c1ccc(Cl)cc1)c1ccc(Cl)cc1Cl. The summed E-state index contributed by atoms with van der Waals surface area (Å²) in [6.07, 6.45) is 0. The molecule has 0 heterocycles. The molecule has 0 aromatic heterocycles. The fraction of sp³-hybridized carbons (Fsp3) is 0. The van der Waals surface area contributed by atoms with Gasteiger partial charge >= 0.3 is 0 Å². The van der Waals surface area contributed by atoms with Crippen LogP contribution in [0.5, 0.6) is 0 Å². The molecule has 0 aliphatic rings. The van der Waals surface area contributed by atoms with Gasteiger partial charge in [0.2, 0.25) is 0 Å². The number of rotatable bonds is 2. The molecule has 2 aromatic rings. The number of hydrogen-bond donors (Lipinski definition) is 0. The molecule has 0 nitrogen and oxygen atoms in total. The van der Waals surface area contributed by atoms with Crippen molar-refractivity contribution < 1.29 is 0 Å². The van der Waals surface area contributed by atoms with Crippen LogP contribution >= 0.6 is 46.4 Å². The zero-order valence-electron chi connectivity index (χ0n) is 9.13. The van der Waals surface area contributed by atoms with Crippen LogP contribution in [0, 0.1) is 0 Å². The predicted octanol–water partition coefficient (Wildman–Crippen LogP) is 6.27. The average molecular weight is 318 g/mol. The molecule has 0 bridgehead atoms. The lowest BCUT2D eigenvalue weighted by atomic mass is 10.00. The number of halogens is 4. The molecule has 0 aliphatic carbocycles. The van der Waals surface area contributed by atoms with Gasteiger partial charge in [-0.3, -0.25) is 0 Å². The van der Waals surface area contributed by atoms with Gasteiger partial charge in [0.15, 0.2) is 0 Å². The van der Waals surface area contributed by atoms with Crippen molar-refractivity contribution in [3.63, 3.8) is 0 Å². The molecule has 0 unspecified atom stereocenters. The second kappa shape index (κ2) is 5.99. The summed E-state index contributed by atoms with van der Waals surface area (Å²) in [5, 5.41) is 1.83. The van der Waals surface area contributed by atoms with E-state index in [1.54, 1.807) is 24.3 Å². The Morgan fingerprint density at radius 1 is 0.833 bits per heavy atom. The summed E-state index contributed by atoms with van der Waals surface area (Å²) in [6, 6.07) is 12.7. The van der Waals surface area contributed by atoms with Crippen molar-refractivity contribution in [2.75, 3.05) is 0 Å². The van der Waals surface area contributed by atoms with Crippen LogP contribution in [0.15, 0.2) is 48.0 Å². The first-order chi connectivity index (χ1) is 8.61. The van der Waals surface area contributed by atoms with E-state index in [4.69, 9.17) is 46.4 Å². The van der Waals surface area contributed by atoms with E-state index in [0.717, 1.165) is 16.7 Å². The third kappa shape index (κ3) is 3.02. The van der Waals surface area contributed by atoms with Crippen LogP contribution in [0.2, 0.25) is 15.1 Å². The van der Waals surface area contributed by atoms with Gasteiger partial charge in [-0.25, -0.2) is 0 Å². The van der Waals surface area contributed by atoms with E-state index in [9.17, 15) is 0 Å². The second-order valence-electron chi connectivity index (χ2n) is 3.65. The van der Waals surface area contributed by atoms with Gasteiger partial charge < -0.3 is 0 Å². The van der Waals surface area contributed by atoms with E-state index < -0.39 is 0 Å². The van der Waals surface area contributed by atoms with Crippen molar-refractivity contribution in [3.8, 4) is 0 Å². The van der Waals surface area contributed by atoms with E-state index in [0.29, 0.717) is 15.1 Å². The molecular weight excluding hydrogens is 310 g/mol.